The number of aromatic carboxylic acids is 1. The molecule has 0 aliphatic heterocycles. The number of carbonyl (C=O) groups is 1. The summed E-state index contributed by atoms with van der Waals surface area (Å²) in [7, 11) is -0.737. The van der Waals surface area contributed by atoms with Crippen LogP contribution in [0.4, 0.5) is 0 Å². The predicted molar refractivity (Wildman–Crippen MR) is 74.9 cm³/mol. The van der Waals surface area contributed by atoms with Crippen LogP contribution in [-0.2, 0) is 19.5 Å². The molecule has 120 valence electrons. The Morgan fingerprint density at radius 1 is 1.29 bits per heavy atom. The highest BCUT2D eigenvalue weighted by molar-refractivity contribution is 7.89. The molecule has 9 heteroatoms. The largest absolute Gasteiger partial charge is 0.477 e. The van der Waals surface area contributed by atoms with Gasteiger partial charge in [-0.05, 0) is 12.5 Å². The highest BCUT2D eigenvalue weighted by Crippen LogP contribution is 2.17. The summed E-state index contributed by atoms with van der Waals surface area (Å²) in [5, 5.41) is 8.84. The summed E-state index contributed by atoms with van der Waals surface area (Å²) < 4.78 is 36.1. The van der Waals surface area contributed by atoms with Crippen molar-refractivity contribution < 1.29 is 27.8 Å². The van der Waals surface area contributed by atoms with Crippen LogP contribution in [0, 0.1) is 0 Å². The summed E-state index contributed by atoms with van der Waals surface area (Å²) in [5.41, 5.74) is -0.169. The number of nitrogens with zero attached hydrogens (tertiary/aromatic N) is 1. The van der Waals surface area contributed by atoms with Crippen molar-refractivity contribution in [1.29, 1.82) is 0 Å². The Labute approximate surface area is 123 Å². The van der Waals surface area contributed by atoms with Crippen LogP contribution in [0.15, 0.2) is 17.2 Å². The number of sulfonamides is 1. The average molecular weight is 320 g/mol. The molecular weight excluding hydrogens is 300 g/mol. The number of H-pyrrole nitrogens is 1. The molecule has 0 bridgehead atoms. The second-order valence-corrected chi connectivity index (χ2v) is 6.24. The van der Waals surface area contributed by atoms with E-state index in [-0.39, 0.29) is 30.3 Å². The zero-order chi connectivity index (χ0) is 15.9. The van der Waals surface area contributed by atoms with Gasteiger partial charge in [0, 0.05) is 40.1 Å². The molecule has 21 heavy (non-hydrogen) atoms. The van der Waals surface area contributed by atoms with E-state index in [1.54, 1.807) is 7.11 Å². The van der Waals surface area contributed by atoms with E-state index in [0.29, 0.717) is 13.0 Å². The lowest BCUT2D eigenvalue weighted by Crippen LogP contribution is -2.35. The standard InChI is InChI=1S/C12H20N2O6S/c1-19-6-3-4-14(5-7-20-2)21(17,18)10-8-11(12(15)16)13-9-10/h8-9,13H,3-7H2,1-2H3,(H,15,16). The van der Waals surface area contributed by atoms with Gasteiger partial charge in [-0.2, -0.15) is 4.31 Å². The molecule has 1 aromatic rings. The first-order valence-electron chi connectivity index (χ1n) is 6.33. The first kappa shape index (κ1) is 17.6. The molecule has 0 fully saturated rings. The van der Waals surface area contributed by atoms with Crippen molar-refractivity contribution in [3.63, 3.8) is 0 Å². The Balaban J connectivity index is 2.92. The van der Waals surface area contributed by atoms with E-state index in [1.165, 1.54) is 17.6 Å². The second-order valence-electron chi connectivity index (χ2n) is 4.30. The molecule has 0 saturated carbocycles. The number of aromatic nitrogens is 1. The molecule has 1 rings (SSSR count). The lowest BCUT2D eigenvalue weighted by Gasteiger charge is -2.21. The van der Waals surface area contributed by atoms with Gasteiger partial charge in [-0.1, -0.05) is 0 Å². The lowest BCUT2D eigenvalue weighted by molar-refractivity contribution is 0.0691. The van der Waals surface area contributed by atoms with Gasteiger partial charge in [-0.25, -0.2) is 13.2 Å². The molecule has 0 aliphatic carbocycles. The molecule has 1 heterocycles. The summed E-state index contributed by atoms with van der Waals surface area (Å²) in [6.45, 7) is 1.15. The number of rotatable bonds is 10. The Kier molecular flexibility index (Phi) is 6.82. The molecule has 2 N–H and O–H groups in total. The van der Waals surface area contributed by atoms with Crippen molar-refractivity contribution in [2.24, 2.45) is 0 Å². The fourth-order valence-corrected chi connectivity index (χ4v) is 3.18. The third kappa shape index (κ3) is 4.81. The van der Waals surface area contributed by atoms with Crippen LogP contribution in [0.1, 0.15) is 16.9 Å². The van der Waals surface area contributed by atoms with Crippen molar-refractivity contribution in [2.45, 2.75) is 11.3 Å². The highest BCUT2D eigenvalue weighted by atomic mass is 32.2. The van der Waals surface area contributed by atoms with E-state index in [1.807, 2.05) is 0 Å². The van der Waals surface area contributed by atoms with Gasteiger partial charge >= 0.3 is 5.97 Å². The van der Waals surface area contributed by atoms with Gasteiger partial charge in [0.05, 0.1) is 6.61 Å². The Morgan fingerprint density at radius 2 is 1.95 bits per heavy atom. The van der Waals surface area contributed by atoms with Gasteiger partial charge in [0.15, 0.2) is 0 Å². The first-order valence-corrected chi connectivity index (χ1v) is 7.77. The number of nitrogens with one attached hydrogen (secondary N) is 1. The molecular formula is C12H20N2O6S. The maximum atomic E-state index is 12.5. The number of ether oxygens (including phenoxy) is 2. The minimum atomic E-state index is -3.76. The van der Waals surface area contributed by atoms with Crippen molar-refractivity contribution >= 4 is 16.0 Å². The quantitative estimate of drug-likeness (QED) is 0.604. The Morgan fingerprint density at radius 3 is 2.48 bits per heavy atom. The summed E-state index contributed by atoms with van der Waals surface area (Å²) in [4.78, 5) is 13.2. The lowest BCUT2D eigenvalue weighted by atomic mass is 10.4. The van der Waals surface area contributed by atoms with E-state index >= 15 is 0 Å². The summed E-state index contributed by atoms with van der Waals surface area (Å²) in [6.07, 6.45) is 1.71. The van der Waals surface area contributed by atoms with Crippen LogP contribution in [0.25, 0.3) is 0 Å². The van der Waals surface area contributed by atoms with E-state index in [4.69, 9.17) is 14.6 Å². The van der Waals surface area contributed by atoms with Crippen LogP contribution < -0.4 is 0 Å². The van der Waals surface area contributed by atoms with Crippen molar-refractivity contribution in [2.75, 3.05) is 40.5 Å². The third-order valence-corrected chi connectivity index (χ3v) is 4.70. The third-order valence-electron chi connectivity index (χ3n) is 2.83. The predicted octanol–water partition coefficient (Wildman–Crippen LogP) is 0.387. The topological polar surface area (TPSA) is 109 Å². The number of methoxy groups -OCH3 is 2. The van der Waals surface area contributed by atoms with E-state index in [9.17, 15) is 13.2 Å². The van der Waals surface area contributed by atoms with Gasteiger partial charge in [0.25, 0.3) is 0 Å². The fraction of sp³-hybridized carbons (Fsp3) is 0.583. The molecule has 0 unspecified atom stereocenters. The molecule has 0 aromatic carbocycles. The van der Waals surface area contributed by atoms with E-state index in [0.717, 1.165) is 6.07 Å². The SMILES string of the molecule is COCCCN(CCOC)S(=O)(=O)c1c[nH]c(C(=O)O)c1. The molecule has 0 saturated heterocycles. The molecule has 0 spiro atoms. The van der Waals surface area contributed by atoms with Crippen molar-refractivity contribution in [1.82, 2.24) is 9.29 Å². The van der Waals surface area contributed by atoms with Gasteiger partial charge in [0.1, 0.15) is 10.6 Å². The average Bonchev–Trinajstić information content (AvgIpc) is 2.93. The van der Waals surface area contributed by atoms with E-state index in [2.05, 4.69) is 4.98 Å². The summed E-state index contributed by atoms with van der Waals surface area (Å²) >= 11 is 0. The maximum absolute atomic E-state index is 12.5. The Hall–Kier alpha value is -1.42. The highest BCUT2D eigenvalue weighted by Gasteiger charge is 2.25. The van der Waals surface area contributed by atoms with Crippen LogP contribution >= 0.6 is 0 Å². The molecule has 0 atom stereocenters. The van der Waals surface area contributed by atoms with Gasteiger partial charge in [0.2, 0.25) is 10.0 Å². The zero-order valence-electron chi connectivity index (χ0n) is 12.0. The number of carboxylic acid groups (broad SMARTS) is 1. The number of hydrogen-bond acceptors (Lipinski definition) is 5. The fourth-order valence-electron chi connectivity index (χ4n) is 1.73. The van der Waals surface area contributed by atoms with Crippen LogP contribution in [0.2, 0.25) is 0 Å². The summed E-state index contributed by atoms with van der Waals surface area (Å²) in [6, 6.07) is 1.10. The van der Waals surface area contributed by atoms with Crippen LogP contribution in [0.3, 0.4) is 0 Å². The molecule has 0 amide bonds. The molecule has 0 radical (unpaired) electrons. The second kappa shape index (κ2) is 8.13. The number of hydrogen-bond donors (Lipinski definition) is 2. The minimum absolute atomic E-state index is 0.0755. The summed E-state index contributed by atoms with van der Waals surface area (Å²) in [5.74, 6) is -1.21. The van der Waals surface area contributed by atoms with Crippen molar-refractivity contribution in [3.8, 4) is 0 Å². The molecule has 1 aromatic heterocycles. The molecule has 8 nitrogen and oxygen atoms in total. The normalized spacial score (nSPS) is 12.0. The monoisotopic (exact) mass is 320 g/mol. The maximum Gasteiger partial charge on any atom is 0.352 e. The number of aromatic amines is 1. The Bertz CT molecular complexity index is 554. The smallest absolute Gasteiger partial charge is 0.352 e. The van der Waals surface area contributed by atoms with Crippen LogP contribution in [0.5, 0.6) is 0 Å². The zero-order valence-corrected chi connectivity index (χ0v) is 12.9. The van der Waals surface area contributed by atoms with Gasteiger partial charge < -0.3 is 19.6 Å². The van der Waals surface area contributed by atoms with Crippen molar-refractivity contribution in [3.05, 3.63) is 18.0 Å². The first-order chi connectivity index (χ1) is 9.93. The van der Waals surface area contributed by atoms with Gasteiger partial charge in [-0.3, -0.25) is 0 Å². The molecule has 0 aliphatic rings. The number of carboxylic acids is 1. The van der Waals surface area contributed by atoms with Crippen LogP contribution in [-0.4, -0.2) is 69.3 Å². The van der Waals surface area contributed by atoms with E-state index < -0.39 is 16.0 Å². The minimum Gasteiger partial charge on any atom is -0.477 e. The van der Waals surface area contributed by atoms with Gasteiger partial charge in [-0.15, -0.1) is 0 Å².